The summed E-state index contributed by atoms with van der Waals surface area (Å²) in [7, 11) is 0. The van der Waals surface area contributed by atoms with Crippen molar-refractivity contribution in [1.82, 2.24) is 0 Å². The van der Waals surface area contributed by atoms with E-state index < -0.39 is 6.29 Å². The molecule has 3 heteroatoms. The number of aliphatic hydroxyl groups excluding tert-OH is 1. The minimum atomic E-state index is -1.01. The van der Waals surface area contributed by atoms with Gasteiger partial charge < -0.3 is 14.6 Å². The fourth-order valence-electron chi connectivity index (χ4n) is 2.02. The second-order valence-electron chi connectivity index (χ2n) is 4.77. The van der Waals surface area contributed by atoms with Gasteiger partial charge >= 0.3 is 0 Å². The molecule has 1 N–H and O–H groups in total. The molecule has 0 saturated heterocycles. The molecule has 0 radical (unpaired) electrons. The molecule has 3 aromatic carbocycles. The summed E-state index contributed by atoms with van der Waals surface area (Å²) in [5.74, 6) is 2.11. The Morgan fingerprint density at radius 1 is 0.591 bits per heavy atom. The van der Waals surface area contributed by atoms with Crippen LogP contribution in [0.5, 0.6) is 17.2 Å². The van der Waals surface area contributed by atoms with Crippen LogP contribution in [0.3, 0.4) is 0 Å². The fraction of sp³-hybridized carbons (Fsp3) is 0.0526. The second kappa shape index (κ2) is 6.78. The van der Waals surface area contributed by atoms with E-state index in [9.17, 15) is 5.11 Å². The van der Waals surface area contributed by atoms with Crippen LogP contribution in [0, 0.1) is 0 Å². The maximum atomic E-state index is 10.1. The SMILES string of the molecule is OC(Oc1ccccc1)c1ccc(Oc2ccccc2)cc1. The molecule has 22 heavy (non-hydrogen) atoms. The predicted octanol–water partition coefficient (Wildman–Crippen LogP) is 4.55. The van der Waals surface area contributed by atoms with Crippen molar-refractivity contribution in [3.05, 3.63) is 90.5 Å². The lowest BCUT2D eigenvalue weighted by atomic mass is 10.2. The average molecular weight is 292 g/mol. The van der Waals surface area contributed by atoms with Crippen molar-refractivity contribution >= 4 is 0 Å². The Balaban J connectivity index is 1.66. The molecule has 3 aromatic rings. The Bertz CT molecular complexity index is 694. The molecular formula is C19H16O3. The van der Waals surface area contributed by atoms with E-state index in [0.29, 0.717) is 17.1 Å². The van der Waals surface area contributed by atoms with E-state index in [1.165, 1.54) is 0 Å². The molecule has 3 rings (SSSR count). The fourth-order valence-corrected chi connectivity index (χ4v) is 2.02. The molecule has 1 unspecified atom stereocenters. The van der Waals surface area contributed by atoms with Crippen LogP contribution < -0.4 is 9.47 Å². The summed E-state index contributed by atoms with van der Waals surface area (Å²) in [5.41, 5.74) is 0.671. The van der Waals surface area contributed by atoms with Crippen LogP contribution in [0.4, 0.5) is 0 Å². The lowest BCUT2D eigenvalue weighted by Crippen LogP contribution is -2.06. The highest BCUT2D eigenvalue weighted by atomic mass is 16.6. The highest BCUT2D eigenvalue weighted by Crippen LogP contribution is 2.24. The first kappa shape index (κ1) is 14.2. The third-order valence-electron chi connectivity index (χ3n) is 3.14. The number of hydrogen-bond acceptors (Lipinski definition) is 3. The van der Waals surface area contributed by atoms with Gasteiger partial charge in [-0.2, -0.15) is 0 Å². The van der Waals surface area contributed by atoms with Crippen molar-refractivity contribution in [2.45, 2.75) is 6.29 Å². The van der Waals surface area contributed by atoms with E-state index in [0.717, 1.165) is 5.75 Å². The first-order valence-electron chi connectivity index (χ1n) is 7.04. The van der Waals surface area contributed by atoms with Gasteiger partial charge in [-0.1, -0.05) is 36.4 Å². The predicted molar refractivity (Wildman–Crippen MR) is 85.0 cm³/mol. The summed E-state index contributed by atoms with van der Waals surface area (Å²) in [4.78, 5) is 0. The molecule has 0 aromatic heterocycles. The lowest BCUT2D eigenvalue weighted by molar-refractivity contribution is -0.0194. The quantitative estimate of drug-likeness (QED) is 0.701. The molecule has 0 aliphatic heterocycles. The molecule has 0 aliphatic rings. The average Bonchev–Trinajstić information content (AvgIpc) is 2.57. The van der Waals surface area contributed by atoms with Crippen molar-refractivity contribution in [3.63, 3.8) is 0 Å². The molecular weight excluding hydrogens is 276 g/mol. The summed E-state index contributed by atoms with van der Waals surface area (Å²) in [6, 6.07) is 26.0. The zero-order valence-electron chi connectivity index (χ0n) is 11.9. The smallest absolute Gasteiger partial charge is 0.224 e. The summed E-state index contributed by atoms with van der Waals surface area (Å²) in [6.07, 6.45) is -1.01. The minimum Gasteiger partial charge on any atom is -0.461 e. The van der Waals surface area contributed by atoms with E-state index in [4.69, 9.17) is 9.47 Å². The molecule has 0 heterocycles. The number of benzene rings is 3. The van der Waals surface area contributed by atoms with Crippen molar-refractivity contribution in [2.24, 2.45) is 0 Å². The van der Waals surface area contributed by atoms with Crippen LogP contribution in [-0.4, -0.2) is 5.11 Å². The van der Waals surface area contributed by atoms with Gasteiger partial charge in [0.05, 0.1) is 0 Å². The van der Waals surface area contributed by atoms with Crippen LogP contribution >= 0.6 is 0 Å². The molecule has 0 spiro atoms. The van der Waals surface area contributed by atoms with Gasteiger partial charge in [-0.05, 0) is 48.5 Å². The van der Waals surface area contributed by atoms with Crippen LogP contribution in [0.1, 0.15) is 11.9 Å². The molecule has 1 atom stereocenters. The Morgan fingerprint density at radius 2 is 1.09 bits per heavy atom. The third-order valence-corrected chi connectivity index (χ3v) is 3.14. The van der Waals surface area contributed by atoms with Gasteiger partial charge in [0.1, 0.15) is 17.2 Å². The zero-order valence-corrected chi connectivity index (χ0v) is 11.9. The van der Waals surface area contributed by atoms with E-state index in [1.807, 2.05) is 48.5 Å². The minimum absolute atomic E-state index is 0.625. The Labute approximate surface area is 129 Å². The van der Waals surface area contributed by atoms with Crippen LogP contribution in [-0.2, 0) is 0 Å². The maximum absolute atomic E-state index is 10.1. The highest BCUT2D eigenvalue weighted by Gasteiger charge is 2.09. The van der Waals surface area contributed by atoms with Crippen molar-refractivity contribution in [1.29, 1.82) is 0 Å². The number of ether oxygens (including phenoxy) is 2. The number of rotatable bonds is 5. The van der Waals surface area contributed by atoms with Crippen LogP contribution in [0.2, 0.25) is 0 Å². The van der Waals surface area contributed by atoms with E-state index in [-0.39, 0.29) is 0 Å². The van der Waals surface area contributed by atoms with E-state index in [2.05, 4.69) is 0 Å². The topological polar surface area (TPSA) is 38.7 Å². The van der Waals surface area contributed by atoms with Gasteiger partial charge in [0.15, 0.2) is 0 Å². The zero-order chi connectivity index (χ0) is 15.2. The first-order valence-corrected chi connectivity index (χ1v) is 7.04. The lowest BCUT2D eigenvalue weighted by Gasteiger charge is -2.14. The molecule has 0 bridgehead atoms. The summed E-state index contributed by atoms with van der Waals surface area (Å²) in [6.45, 7) is 0. The normalized spacial score (nSPS) is 11.7. The van der Waals surface area contributed by atoms with Gasteiger partial charge in [0.25, 0.3) is 0 Å². The molecule has 0 fully saturated rings. The van der Waals surface area contributed by atoms with Crippen molar-refractivity contribution < 1.29 is 14.6 Å². The largest absolute Gasteiger partial charge is 0.461 e. The Kier molecular flexibility index (Phi) is 4.37. The second-order valence-corrected chi connectivity index (χ2v) is 4.77. The molecule has 110 valence electrons. The van der Waals surface area contributed by atoms with Gasteiger partial charge in [-0.15, -0.1) is 0 Å². The summed E-state index contributed by atoms with van der Waals surface area (Å²) < 4.78 is 11.2. The number of para-hydroxylation sites is 2. The summed E-state index contributed by atoms with van der Waals surface area (Å²) >= 11 is 0. The van der Waals surface area contributed by atoms with Crippen molar-refractivity contribution in [3.8, 4) is 17.2 Å². The number of hydrogen-bond donors (Lipinski definition) is 1. The Hall–Kier alpha value is -2.78. The van der Waals surface area contributed by atoms with Gasteiger partial charge in [0, 0.05) is 5.56 Å². The molecule has 0 amide bonds. The highest BCUT2D eigenvalue weighted by molar-refractivity contribution is 5.33. The summed E-state index contributed by atoms with van der Waals surface area (Å²) in [5, 5.41) is 10.1. The van der Waals surface area contributed by atoms with E-state index >= 15 is 0 Å². The van der Waals surface area contributed by atoms with Crippen molar-refractivity contribution in [2.75, 3.05) is 0 Å². The van der Waals surface area contributed by atoms with Gasteiger partial charge in [-0.25, -0.2) is 0 Å². The van der Waals surface area contributed by atoms with Crippen LogP contribution in [0.25, 0.3) is 0 Å². The third kappa shape index (κ3) is 3.65. The Morgan fingerprint density at radius 3 is 1.68 bits per heavy atom. The number of aliphatic hydroxyl groups is 1. The van der Waals surface area contributed by atoms with Gasteiger partial charge in [-0.3, -0.25) is 0 Å². The first-order chi connectivity index (χ1) is 10.8. The van der Waals surface area contributed by atoms with E-state index in [1.54, 1.807) is 36.4 Å². The van der Waals surface area contributed by atoms with Gasteiger partial charge in [0.2, 0.25) is 6.29 Å². The maximum Gasteiger partial charge on any atom is 0.224 e. The standard InChI is InChI=1S/C19H16O3/c20-19(22-17-9-5-2-6-10-17)15-11-13-18(14-12-15)21-16-7-3-1-4-8-16/h1-14,19-20H. The molecule has 0 aliphatic carbocycles. The monoisotopic (exact) mass is 292 g/mol. The molecule has 3 nitrogen and oxygen atoms in total. The van der Waals surface area contributed by atoms with Crippen LogP contribution in [0.15, 0.2) is 84.9 Å². The molecule has 0 saturated carbocycles.